The molecule has 1 atom stereocenters. The van der Waals surface area contributed by atoms with E-state index in [0.29, 0.717) is 18.8 Å². The lowest BCUT2D eigenvalue weighted by atomic mass is 10.1. The summed E-state index contributed by atoms with van der Waals surface area (Å²) in [5.41, 5.74) is 2.45. The fraction of sp³-hybridized carbons (Fsp3) is 0.353. The third-order valence-corrected chi connectivity index (χ3v) is 7.93. The van der Waals surface area contributed by atoms with Crippen LogP contribution in [0.15, 0.2) is 66.7 Å². The fourth-order valence-corrected chi connectivity index (χ4v) is 5.23. The summed E-state index contributed by atoms with van der Waals surface area (Å²) >= 11 is 0. The summed E-state index contributed by atoms with van der Waals surface area (Å²) in [6.07, 6.45) is 0.277. The molecule has 46 heavy (non-hydrogen) atoms. The Labute approximate surface area is 268 Å². The molecule has 2 aliphatic heterocycles. The molecule has 0 saturated carbocycles. The normalized spacial score (nSPS) is 16.5. The number of carbonyl (C=O) groups is 4. The van der Waals surface area contributed by atoms with Crippen molar-refractivity contribution >= 4 is 40.7 Å². The lowest BCUT2D eigenvalue weighted by Crippen LogP contribution is -2.48. The molecule has 2 heterocycles. The van der Waals surface area contributed by atoms with Crippen molar-refractivity contribution in [3.05, 3.63) is 77.9 Å². The van der Waals surface area contributed by atoms with Crippen LogP contribution in [0.5, 0.6) is 11.5 Å². The molecule has 3 aromatic carbocycles. The van der Waals surface area contributed by atoms with E-state index < -0.39 is 23.8 Å². The summed E-state index contributed by atoms with van der Waals surface area (Å²) in [5, 5.41) is 8.39. The molecule has 242 valence electrons. The molecule has 5 rings (SSSR count). The minimum absolute atomic E-state index is 0.0490. The molecule has 2 aliphatic rings. The molecule has 0 bridgehead atoms. The van der Waals surface area contributed by atoms with Gasteiger partial charge >= 0.3 is 0 Å². The van der Waals surface area contributed by atoms with Crippen LogP contribution in [0.1, 0.15) is 28.8 Å². The summed E-state index contributed by atoms with van der Waals surface area (Å²) in [5.74, 6) is -0.741. The zero-order valence-corrected chi connectivity index (χ0v) is 26.4. The Balaban J connectivity index is 1.33. The van der Waals surface area contributed by atoms with Gasteiger partial charge in [-0.15, -0.1) is 0 Å². The second-order valence-electron chi connectivity index (χ2n) is 11.7. The first-order valence-corrected chi connectivity index (χ1v) is 15.3. The predicted molar refractivity (Wildman–Crippen MR) is 175 cm³/mol. The number of carbonyl (C=O) groups excluding carboxylic acids is 4. The van der Waals surface area contributed by atoms with Crippen LogP contribution in [0.3, 0.4) is 0 Å². The highest BCUT2D eigenvalue weighted by Crippen LogP contribution is 2.37. The Morgan fingerprint density at radius 2 is 1.74 bits per heavy atom. The molecule has 0 unspecified atom stereocenters. The molecule has 4 amide bonds. The number of benzene rings is 3. The second kappa shape index (κ2) is 14.9. The average Bonchev–Trinajstić information content (AvgIpc) is 3.15. The van der Waals surface area contributed by atoms with Crippen LogP contribution in [0.2, 0.25) is 0 Å². The lowest BCUT2D eigenvalue weighted by Gasteiger charge is -2.32. The van der Waals surface area contributed by atoms with E-state index in [1.165, 1.54) is 12.1 Å². The number of fused-ring (bicyclic) bond motifs is 1. The maximum absolute atomic E-state index is 13.4. The first kappa shape index (κ1) is 32.5. The van der Waals surface area contributed by atoms with Gasteiger partial charge in [0.1, 0.15) is 18.4 Å². The summed E-state index contributed by atoms with van der Waals surface area (Å²) in [7, 11) is 5.83. The molecular weight excluding hydrogens is 588 g/mol. The van der Waals surface area contributed by atoms with Gasteiger partial charge in [-0.2, -0.15) is 0 Å². The van der Waals surface area contributed by atoms with E-state index in [-0.39, 0.29) is 54.7 Å². The Bertz CT molecular complexity index is 1570. The summed E-state index contributed by atoms with van der Waals surface area (Å²) < 4.78 is 11.8. The van der Waals surface area contributed by atoms with E-state index in [1.807, 2.05) is 74.6 Å². The van der Waals surface area contributed by atoms with Crippen LogP contribution in [-0.4, -0.2) is 93.4 Å². The molecule has 0 radical (unpaired) electrons. The Kier molecular flexibility index (Phi) is 10.5. The molecule has 0 aliphatic carbocycles. The van der Waals surface area contributed by atoms with Gasteiger partial charge in [-0.1, -0.05) is 36.4 Å². The van der Waals surface area contributed by atoms with Crippen molar-refractivity contribution in [2.45, 2.75) is 25.5 Å². The highest BCUT2D eigenvalue weighted by molar-refractivity contribution is 6.11. The zero-order chi connectivity index (χ0) is 32.6. The smallest absolute Gasteiger partial charge is 0.254 e. The number of nitrogens with zero attached hydrogens (tertiary/aromatic N) is 3. The standard InChI is InChI=1S/C34H40N6O6/c1-38(2)24-10-7-11-25(18-24)46-30-19-26-28(20-29(30)35-31(41)22-45-21-23-8-5-4-6-9-23)37-34(44)27(36-33(26)43)12-13-32(42)40-16-14-39(3)15-17-40/h4-11,18-20,27H,12-17,21-22H2,1-3H3,(H,35,41)(H,36,43)(H,37,44)/t27-/m1/s1. The third kappa shape index (κ3) is 8.40. The fourth-order valence-electron chi connectivity index (χ4n) is 5.23. The molecule has 3 N–H and O–H groups in total. The lowest BCUT2D eigenvalue weighted by molar-refractivity contribution is -0.133. The average molecular weight is 629 g/mol. The van der Waals surface area contributed by atoms with Crippen LogP contribution in [-0.2, 0) is 25.7 Å². The van der Waals surface area contributed by atoms with Crippen molar-refractivity contribution in [2.75, 3.05) is 69.5 Å². The van der Waals surface area contributed by atoms with Gasteiger partial charge in [0.15, 0.2) is 5.75 Å². The number of piperazine rings is 1. The van der Waals surface area contributed by atoms with Crippen molar-refractivity contribution in [3.8, 4) is 11.5 Å². The molecule has 0 spiro atoms. The van der Waals surface area contributed by atoms with Crippen molar-refractivity contribution in [1.29, 1.82) is 0 Å². The van der Waals surface area contributed by atoms with E-state index in [4.69, 9.17) is 9.47 Å². The number of likely N-dealkylation sites (N-methyl/N-ethyl adjacent to an activating group) is 1. The molecule has 12 nitrogen and oxygen atoms in total. The number of rotatable bonds is 11. The van der Waals surface area contributed by atoms with Gasteiger partial charge in [0.05, 0.1) is 23.5 Å². The van der Waals surface area contributed by atoms with Crippen LogP contribution in [0, 0.1) is 0 Å². The predicted octanol–water partition coefficient (Wildman–Crippen LogP) is 3.30. The Morgan fingerprint density at radius 3 is 2.48 bits per heavy atom. The number of hydrogen-bond donors (Lipinski definition) is 3. The Hall–Kier alpha value is -4.94. The Morgan fingerprint density at radius 1 is 0.978 bits per heavy atom. The maximum Gasteiger partial charge on any atom is 0.254 e. The quantitative estimate of drug-likeness (QED) is 0.295. The number of hydrogen-bond acceptors (Lipinski definition) is 8. The number of nitrogens with one attached hydrogen (secondary N) is 3. The molecule has 3 aromatic rings. The summed E-state index contributed by atoms with van der Waals surface area (Å²) in [6, 6.07) is 18.9. The van der Waals surface area contributed by atoms with Crippen molar-refractivity contribution < 1.29 is 28.7 Å². The van der Waals surface area contributed by atoms with E-state index >= 15 is 0 Å². The highest BCUT2D eigenvalue weighted by Gasteiger charge is 2.31. The number of anilines is 3. The van der Waals surface area contributed by atoms with E-state index in [9.17, 15) is 19.2 Å². The first-order chi connectivity index (χ1) is 22.2. The largest absolute Gasteiger partial charge is 0.455 e. The van der Waals surface area contributed by atoms with Crippen molar-refractivity contribution in [1.82, 2.24) is 15.1 Å². The van der Waals surface area contributed by atoms with Crippen LogP contribution in [0.4, 0.5) is 17.1 Å². The summed E-state index contributed by atoms with van der Waals surface area (Å²) in [4.78, 5) is 58.3. The van der Waals surface area contributed by atoms with Gasteiger partial charge in [0.2, 0.25) is 17.7 Å². The SMILES string of the molecule is CN1CCN(C(=O)CC[C@H]2NC(=O)c3cc(Oc4cccc(N(C)C)c4)c(NC(=O)COCc4ccccc4)cc3NC2=O)CC1. The second-order valence-corrected chi connectivity index (χ2v) is 11.7. The molecule has 1 saturated heterocycles. The van der Waals surface area contributed by atoms with E-state index in [1.54, 1.807) is 11.0 Å². The highest BCUT2D eigenvalue weighted by atomic mass is 16.5. The van der Waals surface area contributed by atoms with E-state index in [2.05, 4.69) is 20.9 Å². The topological polar surface area (TPSA) is 133 Å². The molecule has 1 fully saturated rings. The van der Waals surface area contributed by atoms with Crippen LogP contribution >= 0.6 is 0 Å². The monoisotopic (exact) mass is 628 g/mol. The van der Waals surface area contributed by atoms with Gasteiger partial charge in [0, 0.05) is 58.4 Å². The van der Waals surface area contributed by atoms with Crippen molar-refractivity contribution in [3.63, 3.8) is 0 Å². The van der Waals surface area contributed by atoms with E-state index in [0.717, 1.165) is 24.3 Å². The van der Waals surface area contributed by atoms with Gasteiger partial charge in [-0.3, -0.25) is 19.2 Å². The van der Waals surface area contributed by atoms with Gasteiger partial charge in [-0.05, 0) is 43.3 Å². The molecular formula is C34H40N6O6. The first-order valence-electron chi connectivity index (χ1n) is 15.3. The van der Waals surface area contributed by atoms with Crippen LogP contribution < -0.4 is 25.6 Å². The van der Waals surface area contributed by atoms with Gasteiger partial charge < -0.3 is 40.1 Å². The maximum atomic E-state index is 13.4. The van der Waals surface area contributed by atoms with Gasteiger partial charge in [0.25, 0.3) is 5.91 Å². The van der Waals surface area contributed by atoms with Crippen LogP contribution in [0.25, 0.3) is 0 Å². The van der Waals surface area contributed by atoms with Crippen molar-refractivity contribution in [2.24, 2.45) is 0 Å². The van der Waals surface area contributed by atoms with Gasteiger partial charge in [-0.25, -0.2) is 0 Å². The minimum atomic E-state index is -0.915. The molecule has 0 aromatic heterocycles. The molecule has 12 heteroatoms. The third-order valence-electron chi connectivity index (χ3n) is 7.93. The summed E-state index contributed by atoms with van der Waals surface area (Å²) in [6.45, 7) is 2.89. The zero-order valence-electron chi connectivity index (χ0n) is 26.4. The number of ether oxygens (including phenoxy) is 2. The number of amides is 4. The minimum Gasteiger partial charge on any atom is -0.455 e.